The molecule has 0 unspecified atom stereocenters. The van der Waals surface area contributed by atoms with Gasteiger partial charge in [-0.1, -0.05) is 6.07 Å². The van der Waals surface area contributed by atoms with Crippen molar-refractivity contribution in [3.63, 3.8) is 0 Å². The molecule has 0 saturated carbocycles. The van der Waals surface area contributed by atoms with Crippen LogP contribution in [0.4, 0.5) is 0 Å². The van der Waals surface area contributed by atoms with Gasteiger partial charge in [0.1, 0.15) is 17.4 Å². The summed E-state index contributed by atoms with van der Waals surface area (Å²) < 4.78 is 10.9. The molecule has 0 spiro atoms. The Labute approximate surface area is 231 Å². The van der Waals surface area contributed by atoms with E-state index < -0.39 is 0 Å². The number of likely N-dealkylation sites (N-methyl/N-ethyl adjacent to an activating group) is 1. The van der Waals surface area contributed by atoms with Crippen LogP contribution in [0.3, 0.4) is 0 Å². The van der Waals surface area contributed by atoms with E-state index in [0.717, 1.165) is 65.0 Å². The Morgan fingerprint density at radius 1 is 1.08 bits per heavy atom. The number of carbonyl (C=O) groups excluding carboxylic acids is 1. The van der Waals surface area contributed by atoms with Crippen LogP contribution in [0.2, 0.25) is 0 Å². The molecule has 3 aromatic rings. The van der Waals surface area contributed by atoms with Crippen molar-refractivity contribution in [3.05, 3.63) is 75.9 Å². The fourth-order valence-electron chi connectivity index (χ4n) is 4.96. The number of nitriles is 1. The first kappa shape index (κ1) is 28.2. The number of fused-ring (bicyclic) bond motifs is 1. The lowest BCUT2D eigenvalue weighted by Crippen LogP contribution is -2.37. The zero-order chi connectivity index (χ0) is 27.9. The maximum Gasteiger partial charge on any atom is 0.254 e. The maximum absolute atomic E-state index is 13.9. The van der Waals surface area contributed by atoms with Crippen molar-refractivity contribution >= 4 is 5.91 Å². The van der Waals surface area contributed by atoms with E-state index in [1.165, 1.54) is 6.20 Å². The molecule has 0 fully saturated rings. The lowest BCUT2D eigenvalue weighted by atomic mass is 9.86. The Kier molecular flexibility index (Phi) is 9.28. The van der Waals surface area contributed by atoms with Crippen LogP contribution in [0.5, 0.6) is 5.75 Å². The van der Waals surface area contributed by atoms with Crippen molar-refractivity contribution in [3.8, 4) is 22.9 Å². The average Bonchev–Trinajstić information content (AvgIpc) is 2.93. The molecule has 204 valence electrons. The smallest absolute Gasteiger partial charge is 0.254 e. The summed E-state index contributed by atoms with van der Waals surface area (Å²) in [7, 11) is 3.80. The lowest BCUT2D eigenvalue weighted by molar-refractivity contribution is 0.0724. The van der Waals surface area contributed by atoms with E-state index in [9.17, 15) is 10.1 Å². The fourth-order valence-corrected chi connectivity index (χ4v) is 4.96. The van der Waals surface area contributed by atoms with Crippen molar-refractivity contribution in [2.45, 2.75) is 40.2 Å². The minimum absolute atomic E-state index is 0.000335. The predicted molar refractivity (Wildman–Crippen MR) is 151 cm³/mol. The quantitative estimate of drug-likeness (QED) is 0.366. The van der Waals surface area contributed by atoms with Crippen LogP contribution in [0.15, 0.2) is 36.7 Å². The molecule has 8 nitrogen and oxygen atoms in total. The van der Waals surface area contributed by atoms with E-state index >= 15 is 0 Å². The van der Waals surface area contributed by atoms with Crippen molar-refractivity contribution < 1.29 is 14.3 Å². The number of nitrogens with zero attached hydrogens (tertiary/aromatic N) is 5. The Morgan fingerprint density at radius 2 is 1.87 bits per heavy atom. The number of amides is 1. The third-order valence-corrected chi connectivity index (χ3v) is 7.14. The summed E-state index contributed by atoms with van der Waals surface area (Å²) in [6.07, 6.45) is 5.00. The normalized spacial score (nSPS) is 12.9. The van der Waals surface area contributed by atoms with Crippen LogP contribution < -0.4 is 4.74 Å². The Balaban J connectivity index is 1.68. The number of pyridine rings is 2. The lowest BCUT2D eigenvalue weighted by Gasteiger charge is -2.31. The third-order valence-electron chi connectivity index (χ3n) is 7.14. The maximum atomic E-state index is 13.9. The minimum atomic E-state index is -0.000335. The number of aromatic nitrogens is 2. The van der Waals surface area contributed by atoms with Gasteiger partial charge in [0.2, 0.25) is 0 Å². The highest BCUT2D eigenvalue weighted by Gasteiger charge is 2.28. The van der Waals surface area contributed by atoms with Gasteiger partial charge in [0, 0.05) is 56.5 Å². The highest BCUT2D eigenvalue weighted by Crippen LogP contribution is 2.34. The molecule has 1 aromatic carbocycles. The third kappa shape index (κ3) is 6.62. The van der Waals surface area contributed by atoms with Gasteiger partial charge in [-0.3, -0.25) is 14.8 Å². The second-order valence-electron chi connectivity index (χ2n) is 10.0. The van der Waals surface area contributed by atoms with Gasteiger partial charge in [0.15, 0.2) is 0 Å². The first-order chi connectivity index (χ1) is 18.8. The zero-order valence-electron chi connectivity index (χ0n) is 23.6. The summed E-state index contributed by atoms with van der Waals surface area (Å²) in [4.78, 5) is 26.9. The number of carbonyl (C=O) groups is 1. The van der Waals surface area contributed by atoms with Crippen molar-refractivity contribution in [2.75, 3.05) is 47.0 Å². The minimum Gasteiger partial charge on any atom is -0.492 e. The molecule has 2 aromatic heterocycles. The van der Waals surface area contributed by atoms with E-state index in [1.807, 2.05) is 24.9 Å². The predicted octanol–water partition coefficient (Wildman–Crippen LogP) is 4.35. The van der Waals surface area contributed by atoms with E-state index in [-0.39, 0.29) is 5.91 Å². The van der Waals surface area contributed by atoms with Crippen LogP contribution >= 0.6 is 0 Å². The Hall–Kier alpha value is -3.80. The fraction of sp³-hybridized carbons (Fsp3) is 0.419. The van der Waals surface area contributed by atoms with Crippen LogP contribution in [0.1, 0.15) is 50.9 Å². The molecule has 1 aliphatic rings. The topological polar surface area (TPSA) is 91.6 Å². The van der Waals surface area contributed by atoms with Gasteiger partial charge in [-0.15, -0.1) is 0 Å². The van der Waals surface area contributed by atoms with E-state index in [2.05, 4.69) is 53.1 Å². The van der Waals surface area contributed by atoms with Crippen molar-refractivity contribution in [2.24, 2.45) is 0 Å². The summed E-state index contributed by atoms with van der Waals surface area (Å²) in [5, 5.41) is 9.36. The van der Waals surface area contributed by atoms with Gasteiger partial charge < -0.3 is 19.3 Å². The van der Waals surface area contributed by atoms with Crippen LogP contribution in [-0.4, -0.2) is 72.7 Å². The molecule has 39 heavy (non-hydrogen) atoms. The molecular formula is C31H37N5O3. The average molecular weight is 528 g/mol. The van der Waals surface area contributed by atoms with E-state index in [1.54, 1.807) is 13.2 Å². The first-order valence-electron chi connectivity index (χ1n) is 13.4. The number of ether oxygens (including phenoxy) is 2. The number of hydrogen-bond acceptors (Lipinski definition) is 7. The Morgan fingerprint density at radius 3 is 2.62 bits per heavy atom. The molecule has 0 saturated heterocycles. The highest BCUT2D eigenvalue weighted by molar-refractivity contribution is 5.99. The molecule has 0 atom stereocenters. The van der Waals surface area contributed by atoms with Crippen molar-refractivity contribution in [1.82, 2.24) is 19.8 Å². The van der Waals surface area contributed by atoms with Gasteiger partial charge >= 0.3 is 0 Å². The number of rotatable bonds is 11. The van der Waals surface area contributed by atoms with Crippen molar-refractivity contribution in [1.29, 1.82) is 5.26 Å². The van der Waals surface area contributed by atoms with E-state index in [4.69, 9.17) is 9.47 Å². The second-order valence-corrected chi connectivity index (χ2v) is 10.0. The van der Waals surface area contributed by atoms with Gasteiger partial charge in [-0.05, 0) is 80.6 Å². The van der Waals surface area contributed by atoms with Gasteiger partial charge in [-0.25, -0.2) is 0 Å². The van der Waals surface area contributed by atoms with Gasteiger partial charge in [0.05, 0.1) is 25.5 Å². The molecule has 0 bridgehead atoms. The number of hydrogen-bond donors (Lipinski definition) is 0. The molecule has 0 N–H and O–H groups in total. The van der Waals surface area contributed by atoms with Gasteiger partial charge in [-0.2, -0.15) is 5.26 Å². The molecule has 0 aliphatic carbocycles. The molecule has 8 heteroatoms. The highest BCUT2D eigenvalue weighted by atomic mass is 16.5. The standard InChI is InChI=1S/C31H37N5O3/c1-6-39-30-16-25(34-19-24(30)17-32)20-36-10-8-26-28(27-13-22(3)33-18-21(27)2)14-23(15-29(26)31(36)37)7-9-35(4)11-12-38-5/h13-16,18-19H,6-12,20H2,1-5H3. The molecule has 1 amide bonds. The summed E-state index contributed by atoms with van der Waals surface area (Å²) in [6.45, 7) is 9.75. The monoisotopic (exact) mass is 527 g/mol. The SMILES string of the molecule is CCOc1cc(CN2CCc3c(cc(CCN(C)CCOC)cc3-c3cc(C)ncc3C)C2=O)ncc1C#N. The summed E-state index contributed by atoms with van der Waals surface area (Å²) in [5.41, 5.74) is 8.36. The number of aryl methyl sites for hydroxylation is 2. The summed E-state index contributed by atoms with van der Waals surface area (Å²) in [6, 6.07) is 10.3. The van der Waals surface area contributed by atoms with Gasteiger partial charge in [0.25, 0.3) is 5.91 Å². The molecule has 4 rings (SSSR count). The van der Waals surface area contributed by atoms with E-state index in [0.29, 0.717) is 43.3 Å². The van der Waals surface area contributed by atoms with Crippen LogP contribution in [-0.2, 0) is 24.1 Å². The van der Waals surface area contributed by atoms with Crippen LogP contribution in [0.25, 0.3) is 11.1 Å². The largest absolute Gasteiger partial charge is 0.492 e. The Bertz CT molecular complexity index is 1380. The molecule has 0 radical (unpaired) electrons. The van der Waals surface area contributed by atoms with Crippen LogP contribution in [0, 0.1) is 25.2 Å². The first-order valence-corrected chi connectivity index (χ1v) is 13.4. The molecule has 3 heterocycles. The number of methoxy groups -OCH3 is 1. The molecular weight excluding hydrogens is 490 g/mol. The second kappa shape index (κ2) is 12.8. The molecule has 1 aliphatic heterocycles. The summed E-state index contributed by atoms with van der Waals surface area (Å²) >= 11 is 0. The summed E-state index contributed by atoms with van der Waals surface area (Å²) in [5.74, 6) is 0.500. The zero-order valence-corrected chi connectivity index (χ0v) is 23.6. The number of benzene rings is 1.